The number of guanidine groups is 1. The first-order valence-electron chi connectivity index (χ1n) is 7.30. The predicted molar refractivity (Wildman–Crippen MR) is 77.6 cm³/mol. The number of hydrogen-bond donors (Lipinski definition) is 1. The predicted octanol–water partition coefficient (Wildman–Crippen LogP) is 0.571. The smallest absolute Gasteiger partial charge is 0.193 e. The molecule has 6 heteroatoms. The van der Waals surface area contributed by atoms with E-state index in [1.54, 1.807) is 6.20 Å². The molecule has 1 N–H and O–H groups in total. The van der Waals surface area contributed by atoms with E-state index >= 15 is 0 Å². The molecule has 2 aliphatic rings. The summed E-state index contributed by atoms with van der Waals surface area (Å²) in [5.41, 5.74) is 0.377. The first-order valence-corrected chi connectivity index (χ1v) is 7.30. The number of nitrogens with zero attached hydrogens (tertiary/aromatic N) is 4. The van der Waals surface area contributed by atoms with Crippen LogP contribution >= 0.6 is 0 Å². The highest BCUT2D eigenvalue weighted by Gasteiger charge is 2.42. The van der Waals surface area contributed by atoms with Gasteiger partial charge in [0.1, 0.15) is 0 Å². The summed E-state index contributed by atoms with van der Waals surface area (Å²) in [4.78, 5) is 10.8. The van der Waals surface area contributed by atoms with E-state index in [1.807, 2.05) is 19.6 Å². The summed E-state index contributed by atoms with van der Waals surface area (Å²) in [6.45, 7) is 5.74. The summed E-state index contributed by atoms with van der Waals surface area (Å²) in [7, 11) is 1.86. The monoisotopic (exact) mass is 277 g/mol. The Balaban J connectivity index is 1.50. The molecule has 3 heterocycles. The van der Waals surface area contributed by atoms with E-state index in [4.69, 9.17) is 4.74 Å². The molecule has 1 unspecified atom stereocenters. The van der Waals surface area contributed by atoms with Gasteiger partial charge >= 0.3 is 0 Å². The van der Waals surface area contributed by atoms with Crippen LogP contribution in [0, 0.1) is 5.41 Å². The minimum absolute atomic E-state index is 0.377. The molecule has 1 spiro atoms. The number of aromatic nitrogens is 2. The standard InChI is InChI=1S/C14H23N5O/c1-15-13(17-5-8-18-7-4-16-12-18)19-6-2-14(10-19)3-9-20-11-14/h4,7,12H,2-3,5-6,8-11H2,1H3,(H,15,17). The summed E-state index contributed by atoms with van der Waals surface area (Å²) < 4.78 is 7.64. The third-order valence-corrected chi connectivity index (χ3v) is 4.35. The van der Waals surface area contributed by atoms with Crippen LogP contribution in [0.15, 0.2) is 23.7 Å². The van der Waals surface area contributed by atoms with Crippen LogP contribution in [0.2, 0.25) is 0 Å². The summed E-state index contributed by atoms with van der Waals surface area (Å²) in [5, 5.41) is 3.44. The van der Waals surface area contributed by atoms with Gasteiger partial charge in [0.2, 0.25) is 0 Å². The highest BCUT2D eigenvalue weighted by molar-refractivity contribution is 5.80. The van der Waals surface area contributed by atoms with Crippen molar-refractivity contribution in [2.75, 3.05) is 39.9 Å². The molecular formula is C14H23N5O. The average Bonchev–Trinajstić information content (AvgIpc) is 3.19. The lowest BCUT2D eigenvalue weighted by molar-refractivity contribution is 0.156. The fourth-order valence-corrected chi connectivity index (χ4v) is 3.14. The Labute approximate surface area is 119 Å². The maximum Gasteiger partial charge on any atom is 0.193 e. The second-order valence-electron chi connectivity index (χ2n) is 5.75. The fourth-order valence-electron chi connectivity index (χ4n) is 3.14. The van der Waals surface area contributed by atoms with Gasteiger partial charge in [0.25, 0.3) is 0 Å². The third kappa shape index (κ3) is 2.80. The Bertz CT molecular complexity index is 450. The van der Waals surface area contributed by atoms with Gasteiger partial charge in [-0.1, -0.05) is 0 Å². The van der Waals surface area contributed by atoms with Gasteiger partial charge in [-0.3, -0.25) is 4.99 Å². The van der Waals surface area contributed by atoms with Gasteiger partial charge in [0.15, 0.2) is 5.96 Å². The minimum atomic E-state index is 0.377. The number of hydrogen-bond acceptors (Lipinski definition) is 3. The number of aliphatic imine (C=N–C) groups is 1. The van der Waals surface area contributed by atoms with E-state index in [2.05, 4.69) is 24.8 Å². The Kier molecular flexibility index (Phi) is 3.91. The van der Waals surface area contributed by atoms with E-state index in [0.29, 0.717) is 5.41 Å². The molecule has 0 radical (unpaired) electrons. The van der Waals surface area contributed by atoms with Crippen molar-refractivity contribution < 1.29 is 4.74 Å². The van der Waals surface area contributed by atoms with Crippen molar-refractivity contribution in [3.63, 3.8) is 0 Å². The molecule has 1 atom stereocenters. The van der Waals surface area contributed by atoms with Crippen molar-refractivity contribution in [2.24, 2.45) is 10.4 Å². The van der Waals surface area contributed by atoms with Crippen molar-refractivity contribution >= 4 is 5.96 Å². The molecule has 0 aromatic carbocycles. The molecule has 110 valence electrons. The van der Waals surface area contributed by atoms with Gasteiger partial charge in [-0.05, 0) is 12.8 Å². The van der Waals surface area contributed by atoms with E-state index in [-0.39, 0.29) is 0 Å². The number of nitrogens with one attached hydrogen (secondary N) is 1. The molecule has 3 rings (SSSR count). The first kappa shape index (κ1) is 13.4. The number of likely N-dealkylation sites (tertiary alicyclic amines) is 1. The molecule has 0 aliphatic carbocycles. The van der Waals surface area contributed by atoms with Crippen molar-refractivity contribution in [2.45, 2.75) is 19.4 Å². The quantitative estimate of drug-likeness (QED) is 0.648. The maximum atomic E-state index is 5.58. The van der Waals surface area contributed by atoms with Crippen LogP contribution in [0.1, 0.15) is 12.8 Å². The van der Waals surface area contributed by atoms with Gasteiger partial charge in [-0.15, -0.1) is 0 Å². The van der Waals surface area contributed by atoms with Crippen LogP contribution in [0.3, 0.4) is 0 Å². The first-order chi connectivity index (χ1) is 9.81. The Morgan fingerprint density at radius 2 is 2.45 bits per heavy atom. The zero-order valence-electron chi connectivity index (χ0n) is 12.1. The highest BCUT2D eigenvalue weighted by Crippen LogP contribution is 2.38. The molecule has 0 bridgehead atoms. The summed E-state index contributed by atoms with van der Waals surface area (Å²) in [6, 6.07) is 0. The Hall–Kier alpha value is -1.56. The van der Waals surface area contributed by atoms with Crippen LogP contribution in [-0.2, 0) is 11.3 Å². The number of rotatable bonds is 3. The molecule has 2 fully saturated rings. The number of imidazole rings is 1. The lowest BCUT2D eigenvalue weighted by Gasteiger charge is -2.25. The van der Waals surface area contributed by atoms with Crippen molar-refractivity contribution in [3.05, 3.63) is 18.7 Å². The molecule has 20 heavy (non-hydrogen) atoms. The topological polar surface area (TPSA) is 54.7 Å². The van der Waals surface area contributed by atoms with Gasteiger partial charge in [0, 0.05) is 57.6 Å². The second-order valence-corrected chi connectivity index (χ2v) is 5.75. The summed E-state index contributed by atoms with van der Waals surface area (Å²) in [5.74, 6) is 1.01. The summed E-state index contributed by atoms with van der Waals surface area (Å²) >= 11 is 0. The van der Waals surface area contributed by atoms with Crippen molar-refractivity contribution in [1.82, 2.24) is 19.8 Å². The lowest BCUT2D eigenvalue weighted by Crippen LogP contribution is -2.42. The SMILES string of the molecule is CN=C(NCCn1ccnc1)N1CCC2(CCOC2)C1. The van der Waals surface area contributed by atoms with Crippen LogP contribution in [0.4, 0.5) is 0 Å². The second kappa shape index (κ2) is 5.83. The molecule has 0 saturated carbocycles. The van der Waals surface area contributed by atoms with Gasteiger partial charge in [-0.2, -0.15) is 0 Å². The molecule has 1 aromatic rings. The van der Waals surface area contributed by atoms with Gasteiger partial charge in [-0.25, -0.2) is 4.98 Å². The summed E-state index contributed by atoms with van der Waals surface area (Å²) in [6.07, 6.45) is 8.03. The zero-order chi connectivity index (χ0) is 13.8. The van der Waals surface area contributed by atoms with Crippen LogP contribution in [-0.4, -0.2) is 60.3 Å². The largest absolute Gasteiger partial charge is 0.381 e. The van der Waals surface area contributed by atoms with Gasteiger partial charge < -0.3 is 19.5 Å². The normalized spacial score (nSPS) is 26.6. The zero-order valence-corrected chi connectivity index (χ0v) is 12.1. The molecule has 6 nitrogen and oxygen atoms in total. The van der Waals surface area contributed by atoms with Crippen LogP contribution in [0.5, 0.6) is 0 Å². The third-order valence-electron chi connectivity index (χ3n) is 4.35. The van der Waals surface area contributed by atoms with Crippen LogP contribution < -0.4 is 5.32 Å². The average molecular weight is 277 g/mol. The van der Waals surface area contributed by atoms with Crippen molar-refractivity contribution in [3.8, 4) is 0 Å². The fraction of sp³-hybridized carbons (Fsp3) is 0.714. The lowest BCUT2D eigenvalue weighted by atomic mass is 9.87. The Morgan fingerprint density at radius 1 is 1.50 bits per heavy atom. The molecular weight excluding hydrogens is 254 g/mol. The number of ether oxygens (including phenoxy) is 1. The van der Waals surface area contributed by atoms with E-state index < -0.39 is 0 Å². The molecule has 0 amide bonds. The Morgan fingerprint density at radius 3 is 3.15 bits per heavy atom. The van der Waals surface area contributed by atoms with Gasteiger partial charge in [0.05, 0.1) is 12.9 Å². The minimum Gasteiger partial charge on any atom is -0.381 e. The van der Waals surface area contributed by atoms with E-state index in [9.17, 15) is 0 Å². The highest BCUT2D eigenvalue weighted by atomic mass is 16.5. The maximum absolute atomic E-state index is 5.58. The molecule has 1 aromatic heterocycles. The van der Waals surface area contributed by atoms with Crippen molar-refractivity contribution in [1.29, 1.82) is 0 Å². The van der Waals surface area contributed by atoms with E-state index in [0.717, 1.165) is 45.4 Å². The van der Waals surface area contributed by atoms with Crippen LogP contribution in [0.25, 0.3) is 0 Å². The van der Waals surface area contributed by atoms with E-state index in [1.165, 1.54) is 12.8 Å². The molecule has 2 saturated heterocycles. The molecule has 2 aliphatic heterocycles.